The van der Waals surface area contributed by atoms with E-state index in [1.807, 2.05) is 19.1 Å². The summed E-state index contributed by atoms with van der Waals surface area (Å²) in [5, 5.41) is 6.52. The smallest absolute Gasteiger partial charge is 0.229 e. The maximum Gasteiger partial charge on any atom is 0.229 e. The molecule has 130 valence electrons. The third-order valence-electron chi connectivity index (χ3n) is 3.32. The number of aliphatic imine (C=N–C) groups is 1. The quantitative estimate of drug-likeness (QED) is 0.337. The van der Waals surface area contributed by atoms with E-state index in [0.717, 1.165) is 36.8 Å². The molecule has 0 spiro atoms. The summed E-state index contributed by atoms with van der Waals surface area (Å²) in [5.41, 5.74) is 1.42. The lowest BCUT2D eigenvalue weighted by Gasteiger charge is -2.12. The van der Waals surface area contributed by atoms with Crippen LogP contribution in [-0.2, 0) is 16.6 Å². The number of guanidine groups is 1. The number of sulfonamides is 1. The number of anilines is 1. The minimum Gasteiger partial charge on any atom is -0.357 e. The first-order valence-corrected chi connectivity index (χ1v) is 9.45. The van der Waals surface area contributed by atoms with Gasteiger partial charge in [0.2, 0.25) is 10.0 Å². The fourth-order valence-electron chi connectivity index (χ4n) is 2.03. The number of rotatable bonds is 7. The van der Waals surface area contributed by atoms with Crippen molar-refractivity contribution in [2.24, 2.45) is 10.9 Å². The number of para-hydroxylation sites is 1. The molecule has 1 aliphatic carbocycles. The minimum absolute atomic E-state index is 0. The van der Waals surface area contributed by atoms with Crippen LogP contribution in [0, 0.1) is 5.92 Å². The minimum atomic E-state index is -3.29. The van der Waals surface area contributed by atoms with E-state index in [4.69, 9.17) is 0 Å². The van der Waals surface area contributed by atoms with Gasteiger partial charge in [0.1, 0.15) is 0 Å². The Morgan fingerprint density at radius 2 is 1.96 bits per heavy atom. The second-order valence-electron chi connectivity index (χ2n) is 5.55. The summed E-state index contributed by atoms with van der Waals surface area (Å²) in [6.45, 7) is 4.17. The molecule has 0 aromatic heterocycles. The van der Waals surface area contributed by atoms with Crippen LogP contribution in [0.1, 0.15) is 25.3 Å². The van der Waals surface area contributed by atoms with Crippen LogP contribution in [0.5, 0.6) is 0 Å². The third kappa shape index (κ3) is 7.87. The van der Waals surface area contributed by atoms with Gasteiger partial charge in [-0.1, -0.05) is 18.2 Å². The van der Waals surface area contributed by atoms with Gasteiger partial charge < -0.3 is 10.6 Å². The van der Waals surface area contributed by atoms with Crippen LogP contribution in [0.2, 0.25) is 0 Å². The average molecular weight is 452 g/mol. The van der Waals surface area contributed by atoms with Crippen molar-refractivity contribution in [3.63, 3.8) is 0 Å². The van der Waals surface area contributed by atoms with Gasteiger partial charge in [-0.15, -0.1) is 24.0 Å². The molecule has 8 heteroatoms. The molecule has 1 aliphatic rings. The number of nitrogens with one attached hydrogen (secondary N) is 3. The number of halogens is 1. The van der Waals surface area contributed by atoms with Gasteiger partial charge in [-0.2, -0.15) is 0 Å². The van der Waals surface area contributed by atoms with Crippen LogP contribution in [0.3, 0.4) is 0 Å². The molecule has 23 heavy (non-hydrogen) atoms. The van der Waals surface area contributed by atoms with Crippen molar-refractivity contribution < 1.29 is 8.42 Å². The molecule has 0 unspecified atom stereocenters. The zero-order chi connectivity index (χ0) is 16.0. The van der Waals surface area contributed by atoms with Crippen LogP contribution in [-0.4, -0.2) is 33.7 Å². The van der Waals surface area contributed by atoms with Crippen LogP contribution in [0.15, 0.2) is 29.3 Å². The Labute approximate surface area is 155 Å². The van der Waals surface area contributed by atoms with Crippen molar-refractivity contribution >= 4 is 45.6 Å². The topological polar surface area (TPSA) is 82.6 Å². The van der Waals surface area contributed by atoms with E-state index in [1.54, 1.807) is 12.1 Å². The standard InChI is InChI=1S/C15H24N4O2S.HI/c1-3-16-15(17-10-12-8-9-12)18-11-13-6-4-5-7-14(13)19-22(2,20)21;/h4-7,12,19H,3,8-11H2,1-2H3,(H2,16,17,18);1H. The molecule has 3 N–H and O–H groups in total. The molecular weight excluding hydrogens is 427 g/mol. The number of benzene rings is 1. The summed E-state index contributed by atoms with van der Waals surface area (Å²) in [6.07, 6.45) is 3.72. The van der Waals surface area contributed by atoms with Crippen molar-refractivity contribution in [1.29, 1.82) is 0 Å². The second kappa shape index (κ2) is 9.31. The van der Waals surface area contributed by atoms with Gasteiger partial charge in [0.05, 0.1) is 18.5 Å². The molecule has 0 aliphatic heterocycles. The highest BCUT2D eigenvalue weighted by Crippen LogP contribution is 2.27. The lowest BCUT2D eigenvalue weighted by molar-refractivity contribution is 0.606. The highest BCUT2D eigenvalue weighted by molar-refractivity contribution is 14.0. The SMILES string of the molecule is CCNC(=NCc1ccccc1NS(C)(=O)=O)NCC1CC1.I. The lowest BCUT2D eigenvalue weighted by Crippen LogP contribution is -2.38. The van der Waals surface area contributed by atoms with Crippen molar-refractivity contribution in [3.05, 3.63) is 29.8 Å². The molecule has 6 nitrogen and oxygen atoms in total. The van der Waals surface area contributed by atoms with Crippen molar-refractivity contribution in [2.75, 3.05) is 24.1 Å². The third-order valence-corrected chi connectivity index (χ3v) is 3.91. The van der Waals surface area contributed by atoms with Crippen molar-refractivity contribution in [3.8, 4) is 0 Å². The van der Waals surface area contributed by atoms with E-state index >= 15 is 0 Å². The highest BCUT2D eigenvalue weighted by atomic mass is 127. The van der Waals surface area contributed by atoms with E-state index in [9.17, 15) is 8.42 Å². The van der Waals surface area contributed by atoms with Gasteiger partial charge in [-0.05, 0) is 37.3 Å². The lowest BCUT2D eigenvalue weighted by atomic mass is 10.2. The Kier molecular flexibility index (Phi) is 8.10. The zero-order valence-corrected chi connectivity index (χ0v) is 16.6. The Bertz CT molecular complexity index is 630. The summed E-state index contributed by atoms with van der Waals surface area (Å²) >= 11 is 0. The van der Waals surface area contributed by atoms with Crippen molar-refractivity contribution in [1.82, 2.24) is 10.6 Å². The maximum atomic E-state index is 11.4. The number of hydrogen-bond acceptors (Lipinski definition) is 3. The first-order chi connectivity index (χ1) is 10.5. The van der Waals surface area contributed by atoms with Crippen LogP contribution >= 0.6 is 24.0 Å². The fourth-order valence-corrected chi connectivity index (χ4v) is 2.63. The first kappa shape index (κ1) is 20.0. The van der Waals surface area contributed by atoms with E-state index in [1.165, 1.54) is 12.8 Å². The normalized spacial score (nSPS) is 14.8. The molecule has 0 heterocycles. The summed E-state index contributed by atoms with van der Waals surface area (Å²) in [5.74, 6) is 1.53. The number of nitrogens with zero attached hydrogens (tertiary/aromatic N) is 1. The molecule has 0 bridgehead atoms. The predicted octanol–water partition coefficient (Wildman–Crippen LogP) is 2.14. The summed E-state index contributed by atoms with van der Waals surface area (Å²) in [4.78, 5) is 4.53. The number of hydrogen-bond donors (Lipinski definition) is 3. The van der Waals surface area contributed by atoms with E-state index in [2.05, 4.69) is 20.3 Å². The summed E-state index contributed by atoms with van der Waals surface area (Å²) < 4.78 is 25.3. The first-order valence-electron chi connectivity index (χ1n) is 7.56. The fraction of sp³-hybridized carbons (Fsp3) is 0.533. The molecule has 2 rings (SSSR count). The van der Waals surface area contributed by atoms with Gasteiger partial charge in [0, 0.05) is 13.1 Å². The molecule has 0 amide bonds. The Morgan fingerprint density at radius 3 is 2.57 bits per heavy atom. The van der Waals surface area contributed by atoms with Gasteiger partial charge >= 0.3 is 0 Å². The van der Waals surface area contributed by atoms with Gasteiger partial charge in [0.15, 0.2) is 5.96 Å². The van der Waals surface area contributed by atoms with Gasteiger partial charge in [0.25, 0.3) is 0 Å². The summed E-state index contributed by atoms with van der Waals surface area (Å²) in [6, 6.07) is 7.30. The molecule has 1 saturated carbocycles. The van der Waals surface area contributed by atoms with E-state index in [-0.39, 0.29) is 24.0 Å². The van der Waals surface area contributed by atoms with Crippen LogP contribution < -0.4 is 15.4 Å². The Balaban J connectivity index is 0.00000264. The van der Waals surface area contributed by atoms with Crippen molar-refractivity contribution in [2.45, 2.75) is 26.3 Å². The second-order valence-corrected chi connectivity index (χ2v) is 7.30. The highest BCUT2D eigenvalue weighted by Gasteiger charge is 2.21. The Hall–Kier alpha value is -1.03. The molecule has 1 aromatic carbocycles. The monoisotopic (exact) mass is 452 g/mol. The molecule has 0 saturated heterocycles. The summed E-state index contributed by atoms with van der Waals surface area (Å²) in [7, 11) is -3.29. The maximum absolute atomic E-state index is 11.4. The molecular formula is C15H25IN4O2S. The van der Waals surface area contributed by atoms with Gasteiger partial charge in [-0.3, -0.25) is 4.72 Å². The predicted molar refractivity (Wildman–Crippen MR) is 106 cm³/mol. The Morgan fingerprint density at radius 1 is 1.26 bits per heavy atom. The largest absolute Gasteiger partial charge is 0.357 e. The average Bonchev–Trinajstić information content (AvgIpc) is 3.26. The van der Waals surface area contributed by atoms with Crippen LogP contribution in [0.25, 0.3) is 0 Å². The van der Waals surface area contributed by atoms with Crippen LogP contribution in [0.4, 0.5) is 5.69 Å². The molecule has 0 radical (unpaired) electrons. The molecule has 0 atom stereocenters. The molecule has 1 aromatic rings. The molecule has 1 fully saturated rings. The van der Waals surface area contributed by atoms with E-state index in [0.29, 0.717) is 12.2 Å². The zero-order valence-electron chi connectivity index (χ0n) is 13.5. The van der Waals surface area contributed by atoms with E-state index < -0.39 is 10.0 Å². The van der Waals surface area contributed by atoms with Gasteiger partial charge in [-0.25, -0.2) is 13.4 Å².